The number of fused-ring (bicyclic) bond motifs is 1. The Morgan fingerprint density at radius 3 is 2.24 bits per heavy atom. The third kappa shape index (κ3) is 9.16. The van der Waals surface area contributed by atoms with Crippen LogP contribution in [0.5, 0.6) is 0 Å². The quantitative estimate of drug-likeness (QED) is 0.174. The van der Waals surface area contributed by atoms with Gasteiger partial charge in [0.15, 0.2) is 17.3 Å². The van der Waals surface area contributed by atoms with Crippen LogP contribution in [0, 0.1) is 41.4 Å². The molecule has 0 bridgehead atoms. The lowest BCUT2D eigenvalue weighted by atomic mass is 9.83. The Morgan fingerprint density at radius 1 is 0.935 bits per heavy atom. The molecule has 254 valence electrons. The molecule has 2 fully saturated rings. The highest BCUT2D eigenvalue weighted by Gasteiger charge is 2.51. The van der Waals surface area contributed by atoms with Gasteiger partial charge in [-0.25, -0.2) is 4.98 Å². The fraction of sp³-hybridized carbons (Fsp3) is 0.722. The molecule has 1 aliphatic carbocycles. The molecule has 1 saturated heterocycles. The topological polar surface area (TPSA) is 143 Å². The van der Waals surface area contributed by atoms with Gasteiger partial charge in [0.1, 0.15) is 11.7 Å². The molecule has 10 nitrogen and oxygen atoms in total. The molecule has 1 aliphatic heterocycles. The molecule has 1 aromatic rings. The molecule has 0 radical (unpaired) electrons. The molecule has 1 aromatic heterocycles. The van der Waals surface area contributed by atoms with E-state index >= 15 is 0 Å². The van der Waals surface area contributed by atoms with E-state index in [9.17, 15) is 28.8 Å². The van der Waals surface area contributed by atoms with Crippen LogP contribution in [0.4, 0.5) is 0 Å². The van der Waals surface area contributed by atoms with Gasteiger partial charge in [-0.2, -0.15) is 0 Å². The molecule has 0 spiro atoms. The van der Waals surface area contributed by atoms with Gasteiger partial charge in [-0.05, 0) is 48.9 Å². The van der Waals surface area contributed by atoms with Crippen molar-refractivity contribution in [3.8, 4) is 0 Å². The second kappa shape index (κ2) is 17.0. The summed E-state index contributed by atoms with van der Waals surface area (Å²) in [5.41, 5.74) is 0.184. The van der Waals surface area contributed by atoms with Gasteiger partial charge in [0.25, 0.3) is 0 Å². The van der Waals surface area contributed by atoms with E-state index in [4.69, 9.17) is 0 Å². The van der Waals surface area contributed by atoms with Gasteiger partial charge < -0.3 is 10.2 Å². The summed E-state index contributed by atoms with van der Waals surface area (Å²) in [4.78, 5) is 90.6. The smallest absolute Gasteiger partial charge is 0.246 e. The van der Waals surface area contributed by atoms with Crippen LogP contribution in [0.15, 0.2) is 18.6 Å². The van der Waals surface area contributed by atoms with Crippen LogP contribution in [-0.4, -0.2) is 68.4 Å². The number of carbonyl (C=O) groups is 6. The van der Waals surface area contributed by atoms with E-state index in [1.807, 2.05) is 48.5 Å². The minimum atomic E-state index is -0.889. The van der Waals surface area contributed by atoms with Crippen molar-refractivity contribution in [3.05, 3.63) is 24.3 Å². The second-order valence-electron chi connectivity index (χ2n) is 14.3. The first kappa shape index (κ1) is 37.2. The fourth-order valence-electron chi connectivity index (χ4n) is 7.10. The Kier molecular flexibility index (Phi) is 13.8. The summed E-state index contributed by atoms with van der Waals surface area (Å²) in [5.74, 6) is -3.62. The molecule has 7 atom stereocenters. The maximum absolute atomic E-state index is 14.3. The van der Waals surface area contributed by atoms with Crippen molar-refractivity contribution in [1.82, 2.24) is 20.2 Å². The summed E-state index contributed by atoms with van der Waals surface area (Å²) < 4.78 is 0. The minimum absolute atomic E-state index is 0.00109. The first-order valence-electron chi connectivity index (χ1n) is 17.3. The third-order valence-electron chi connectivity index (χ3n) is 10.1. The number of amides is 2. The summed E-state index contributed by atoms with van der Waals surface area (Å²) in [6.45, 7) is 13.7. The number of aromatic nitrogens is 2. The molecule has 10 heteroatoms. The summed E-state index contributed by atoms with van der Waals surface area (Å²) >= 11 is 0. The fourth-order valence-corrected chi connectivity index (χ4v) is 7.10. The lowest BCUT2D eigenvalue weighted by Gasteiger charge is -2.33. The van der Waals surface area contributed by atoms with E-state index in [2.05, 4.69) is 15.3 Å². The van der Waals surface area contributed by atoms with E-state index in [1.54, 1.807) is 4.90 Å². The number of hydrogen-bond donors (Lipinski definition) is 1. The van der Waals surface area contributed by atoms with Crippen molar-refractivity contribution >= 4 is 34.9 Å². The molecule has 2 aliphatic rings. The molecule has 0 aromatic carbocycles. The molecular weight excluding hydrogens is 584 g/mol. The minimum Gasteiger partial charge on any atom is -0.344 e. The van der Waals surface area contributed by atoms with Gasteiger partial charge in [-0.3, -0.25) is 33.8 Å². The highest BCUT2D eigenvalue weighted by molar-refractivity contribution is 6.38. The highest BCUT2D eigenvalue weighted by Crippen LogP contribution is 2.43. The van der Waals surface area contributed by atoms with Crippen molar-refractivity contribution in [2.24, 2.45) is 41.4 Å². The van der Waals surface area contributed by atoms with E-state index < -0.39 is 41.4 Å². The molecule has 2 unspecified atom stereocenters. The Balaban J connectivity index is 1.80. The summed E-state index contributed by atoms with van der Waals surface area (Å²) in [6.07, 6.45) is 8.95. The van der Waals surface area contributed by atoms with Crippen LogP contribution < -0.4 is 5.32 Å². The summed E-state index contributed by atoms with van der Waals surface area (Å²) in [6, 6.07) is -1.58. The molecule has 2 heterocycles. The molecule has 2 amide bonds. The number of likely N-dealkylation sites (tertiary alicyclic amines) is 1. The lowest BCUT2D eigenvalue weighted by Crippen LogP contribution is -2.56. The highest BCUT2D eigenvalue weighted by atomic mass is 16.2. The maximum Gasteiger partial charge on any atom is 0.246 e. The van der Waals surface area contributed by atoms with Crippen LogP contribution >= 0.6 is 0 Å². The van der Waals surface area contributed by atoms with Crippen molar-refractivity contribution in [2.75, 3.05) is 6.54 Å². The monoisotopic (exact) mass is 638 g/mol. The van der Waals surface area contributed by atoms with Gasteiger partial charge in [0.05, 0.1) is 12.2 Å². The van der Waals surface area contributed by atoms with Crippen LogP contribution in [0.2, 0.25) is 0 Å². The number of Topliss-reactive ketones (excluding diaryl/α,β-unsaturated/α-hetero) is 4. The second-order valence-corrected chi connectivity index (χ2v) is 14.3. The van der Waals surface area contributed by atoms with Gasteiger partial charge in [-0.1, -0.05) is 67.7 Å². The van der Waals surface area contributed by atoms with Crippen molar-refractivity contribution in [1.29, 1.82) is 0 Å². The standard InChI is InChI=1S/C36H54N4O6/c1-8-11-24(34(44)31(43)16-23(7)9-2)17-30(42)33-26-13-10-12-25(26)20-40(33)36(46)32(22(5)6)39-35(45)27(21(3)4)18-29(41)28-19-37-14-15-38-28/h14-15,19,21-27,32-33H,8-13,16-18,20H2,1-7H3,(H,39,45)/t23-,24?,25+,26+,27-,32?,33+/m1/s1. The molecule has 1 N–H and O–H groups in total. The van der Waals surface area contributed by atoms with E-state index in [0.717, 1.165) is 25.7 Å². The summed E-state index contributed by atoms with van der Waals surface area (Å²) in [5, 5.41) is 2.95. The van der Waals surface area contributed by atoms with Crippen molar-refractivity contribution in [3.63, 3.8) is 0 Å². The first-order chi connectivity index (χ1) is 21.8. The average Bonchev–Trinajstić information content (AvgIpc) is 3.63. The largest absolute Gasteiger partial charge is 0.344 e. The Labute approximate surface area is 274 Å². The number of nitrogens with one attached hydrogen (secondary N) is 1. The Morgan fingerprint density at radius 2 is 1.65 bits per heavy atom. The first-order valence-corrected chi connectivity index (χ1v) is 17.3. The van der Waals surface area contributed by atoms with Crippen LogP contribution in [0.3, 0.4) is 0 Å². The van der Waals surface area contributed by atoms with Gasteiger partial charge in [-0.15, -0.1) is 0 Å². The number of hydrogen-bond acceptors (Lipinski definition) is 8. The molecule has 1 saturated carbocycles. The number of carbonyl (C=O) groups excluding carboxylic acids is 6. The van der Waals surface area contributed by atoms with Crippen LogP contribution in [-0.2, 0) is 24.0 Å². The van der Waals surface area contributed by atoms with Gasteiger partial charge in [0.2, 0.25) is 17.6 Å². The Bertz CT molecular complexity index is 1250. The van der Waals surface area contributed by atoms with Crippen LogP contribution in [0.1, 0.15) is 117 Å². The molecule has 46 heavy (non-hydrogen) atoms. The van der Waals surface area contributed by atoms with Gasteiger partial charge >= 0.3 is 0 Å². The predicted molar refractivity (Wildman–Crippen MR) is 175 cm³/mol. The van der Waals surface area contributed by atoms with E-state index in [1.165, 1.54) is 18.6 Å². The van der Waals surface area contributed by atoms with Crippen molar-refractivity contribution in [2.45, 2.75) is 118 Å². The van der Waals surface area contributed by atoms with Gasteiger partial charge in [0, 0.05) is 50.0 Å². The van der Waals surface area contributed by atoms with Crippen molar-refractivity contribution < 1.29 is 28.8 Å². The Hall–Kier alpha value is -3.30. The maximum atomic E-state index is 14.3. The molecule has 3 rings (SSSR count). The average molecular weight is 639 g/mol. The number of nitrogens with zero attached hydrogens (tertiary/aromatic N) is 3. The SMILES string of the molecule is CCCC(CC(=O)[C@@H]1[C@H]2CCC[C@H]2CN1C(=O)C(NC(=O)[C@H](CC(=O)c1cnccn1)C(C)C)C(C)C)C(=O)C(=O)C[C@H](C)CC. The lowest BCUT2D eigenvalue weighted by molar-refractivity contribution is -0.145. The zero-order valence-corrected chi connectivity index (χ0v) is 28.8. The zero-order chi connectivity index (χ0) is 34.1. The van der Waals surface area contributed by atoms with Crippen LogP contribution in [0.25, 0.3) is 0 Å². The normalized spacial score (nSPS) is 21.8. The van der Waals surface area contributed by atoms with E-state index in [0.29, 0.717) is 19.4 Å². The zero-order valence-electron chi connectivity index (χ0n) is 28.8. The predicted octanol–water partition coefficient (Wildman–Crippen LogP) is 5.04. The third-order valence-corrected chi connectivity index (χ3v) is 10.1. The number of ketones is 4. The molecular formula is C36H54N4O6. The van der Waals surface area contributed by atoms with E-state index in [-0.39, 0.29) is 72.0 Å². The summed E-state index contributed by atoms with van der Waals surface area (Å²) in [7, 11) is 0. The number of rotatable bonds is 18.